The molecule has 0 saturated carbocycles. The molecule has 0 unspecified atom stereocenters. The Hall–Kier alpha value is -2.82. The Labute approximate surface area is 153 Å². The van der Waals surface area contributed by atoms with Crippen LogP contribution in [-0.4, -0.2) is 24.3 Å². The largest absolute Gasteiger partial charge is 0.462 e. The number of ether oxygens (including phenoxy) is 1. The molecule has 5 nitrogen and oxygen atoms in total. The predicted molar refractivity (Wildman–Crippen MR) is 103 cm³/mol. The third-order valence-corrected chi connectivity index (χ3v) is 3.96. The maximum atomic E-state index is 12.0. The van der Waals surface area contributed by atoms with Gasteiger partial charge < -0.3 is 14.6 Å². The van der Waals surface area contributed by atoms with Crippen LogP contribution < -0.4 is 5.32 Å². The molecule has 0 aliphatic heterocycles. The molecule has 3 rings (SSSR count). The maximum Gasteiger partial charge on any atom is 0.338 e. The summed E-state index contributed by atoms with van der Waals surface area (Å²) in [6.45, 7) is 9.43. The van der Waals surface area contributed by atoms with E-state index in [0.29, 0.717) is 12.2 Å². The minimum absolute atomic E-state index is 0.136. The van der Waals surface area contributed by atoms with Gasteiger partial charge in [-0.25, -0.2) is 4.79 Å². The molecule has 1 N–H and O–H groups in total. The van der Waals surface area contributed by atoms with Crippen LogP contribution in [0.3, 0.4) is 0 Å². The van der Waals surface area contributed by atoms with Gasteiger partial charge in [-0.3, -0.25) is 0 Å². The van der Waals surface area contributed by atoms with E-state index in [1.54, 1.807) is 13.0 Å². The van der Waals surface area contributed by atoms with Crippen LogP contribution in [0.15, 0.2) is 47.0 Å². The first-order chi connectivity index (χ1) is 12.4. The summed E-state index contributed by atoms with van der Waals surface area (Å²) in [5.74, 6) is 0.422. The average Bonchev–Trinajstić information content (AvgIpc) is 3.02. The van der Waals surface area contributed by atoms with Gasteiger partial charge in [0.05, 0.1) is 17.6 Å². The SMILES string of the molecule is CCOC(=O)c1cccc(-c2ccc3onc(NCC(C)(C)C)c3c2)c1. The van der Waals surface area contributed by atoms with Gasteiger partial charge in [0.2, 0.25) is 0 Å². The summed E-state index contributed by atoms with van der Waals surface area (Å²) in [4.78, 5) is 12.0. The molecular weight excluding hydrogens is 328 g/mol. The number of nitrogens with zero attached hydrogens (tertiary/aromatic N) is 1. The zero-order valence-electron chi connectivity index (χ0n) is 15.6. The number of aromatic nitrogens is 1. The number of nitrogens with one attached hydrogen (secondary N) is 1. The van der Waals surface area contributed by atoms with Crippen LogP contribution in [0.25, 0.3) is 22.1 Å². The summed E-state index contributed by atoms with van der Waals surface area (Å²) in [5.41, 5.74) is 3.34. The standard InChI is InChI=1S/C21H24N2O3/c1-5-25-20(24)16-8-6-7-14(11-16)15-9-10-18-17(12-15)19(23-26-18)22-13-21(2,3)4/h6-12H,5,13H2,1-4H3,(H,22,23). The molecule has 0 aliphatic rings. The Morgan fingerprint density at radius 1 is 1.15 bits per heavy atom. The third-order valence-electron chi connectivity index (χ3n) is 3.96. The fraction of sp³-hybridized carbons (Fsp3) is 0.333. The first-order valence-electron chi connectivity index (χ1n) is 8.78. The van der Waals surface area contributed by atoms with E-state index >= 15 is 0 Å². The monoisotopic (exact) mass is 352 g/mol. The van der Waals surface area contributed by atoms with Gasteiger partial charge in [0.1, 0.15) is 0 Å². The summed E-state index contributed by atoms with van der Waals surface area (Å²) < 4.78 is 10.5. The predicted octanol–water partition coefficient (Wildman–Crippen LogP) is 5.13. The highest BCUT2D eigenvalue weighted by atomic mass is 16.5. The number of carbonyl (C=O) groups is 1. The fourth-order valence-corrected chi connectivity index (χ4v) is 2.63. The van der Waals surface area contributed by atoms with E-state index in [-0.39, 0.29) is 11.4 Å². The molecule has 0 fully saturated rings. The molecule has 0 amide bonds. The van der Waals surface area contributed by atoms with Crippen molar-refractivity contribution in [3.05, 3.63) is 48.0 Å². The van der Waals surface area contributed by atoms with Crippen molar-refractivity contribution in [1.82, 2.24) is 5.16 Å². The van der Waals surface area contributed by atoms with Gasteiger partial charge in [0, 0.05) is 6.54 Å². The number of carbonyl (C=O) groups excluding carboxylic acids is 1. The van der Waals surface area contributed by atoms with Crippen molar-refractivity contribution < 1.29 is 14.1 Å². The second-order valence-corrected chi connectivity index (χ2v) is 7.46. The Kier molecular flexibility index (Phi) is 4.98. The lowest BCUT2D eigenvalue weighted by Crippen LogP contribution is -2.19. The van der Waals surface area contributed by atoms with Gasteiger partial charge in [-0.1, -0.05) is 44.1 Å². The average molecular weight is 352 g/mol. The Balaban J connectivity index is 1.93. The van der Waals surface area contributed by atoms with Gasteiger partial charge in [0.15, 0.2) is 11.4 Å². The second kappa shape index (κ2) is 7.20. The summed E-state index contributed by atoms with van der Waals surface area (Å²) in [5, 5.41) is 8.42. The van der Waals surface area contributed by atoms with E-state index < -0.39 is 0 Å². The van der Waals surface area contributed by atoms with E-state index in [1.807, 2.05) is 36.4 Å². The smallest absolute Gasteiger partial charge is 0.338 e. The molecule has 1 heterocycles. The van der Waals surface area contributed by atoms with Crippen LogP contribution in [0.4, 0.5) is 5.82 Å². The second-order valence-electron chi connectivity index (χ2n) is 7.46. The zero-order chi connectivity index (χ0) is 18.7. The van der Waals surface area contributed by atoms with Crippen LogP contribution in [0.5, 0.6) is 0 Å². The Morgan fingerprint density at radius 2 is 1.92 bits per heavy atom. The number of benzene rings is 2. The molecule has 0 saturated heterocycles. The summed E-state index contributed by atoms with van der Waals surface area (Å²) >= 11 is 0. The lowest BCUT2D eigenvalue weighted by Gasteiger charge is -2.18. The van der Waals surface area contributed by atoms with Crippen LogP contribution in [0, 0.1) is 5.41 Å². The molecular formula is C21H24N2O3. The Bertz CT molecular complexity index is 922. The van der Waals surface area contributed by atoms with Crippen LogP contribution in [0.2, 0.25) is 0 Å². The quantitative estimate of drug-likeness (QED) is 0.645. The summed E-state index contributed by atoms with van der Waals surface area (Å²) in [6, 6.07) is 13.3. The molecule has 0 bridgehead atoms. The van der Waals surface area contributed by atoms with E-state index in [9.17, 15) is 4.79 Å². The maximum absolute atomic E-state index is 12.0. The van der Waals surface area contributed by atoms with Gasteiger partial charge in [0.25, 0.3) is 0 Å². The van der Waals surface area contributed by atoms with Gasteiger partial charge >= 0.3 is 5.97 Å². The van der Waals surface area contributed by atoms with Crippen molar-refractivity contribution in [3.8, 4) is 11.1 Å². The molecule has 2 aromatic carbocycles. The van der Waals surface area contributed by atoms with Gasteiger partial charge in [-0.05, 0) is 47.7 Å². The lowest BCUT2D eigenvalue weighted by molar-refractivity contribution is 0.0526. The van der Waals surface area contributed by atoms with Crippen molar-refractivity contribution in [2.24, 2.45) is 5.41 Å². The Morgan fingerprint density at radius 3 is 2.65 bits per heavy atom. The van der Waals surface area contributed by atoms with E-state index in [2.05, 4.69) is 31.2 Å². The molecule has 0 atom stereocenters. The number of hydrogen-bond acceptors (Lipinski definition) is 5. The minimum Gasteiger partial charge on any atom is -0.462 e. The molecule has 136 valence electrons. The highest BCUT2D eigenvalue weighted by molar-refractivity contribution is 5.94. The van der Waals surface area contributed by atoms with Crippen LogP contribution in [-0.2, 0) is 4.74 Å². The van der Waals surface area contributed by atoms with Crippen molar-refractivity contribution in [1.29, 1.82) is 0 Å². The first-order valence-corrected chi connectivity index (χ1v) is 8.78. The molecule has 0 aliphatic carbocycles. The number of anilines is 1. The zero-order valence-corrected chi connectivity index (χ0v) is 15.6. The molecule has 0 radical (unpaired) electrons. The van der Waals surface area contributed by atoms with E-state index in [4.69, 9.17) is 9.26 Å². The third kappa shape index (κ3) is 4.04. The summed E-state index contributed by atoms with van der Waals surface area (Å²) in [6.07, 6.45) is 0. The number of rotatable bonds is 5. The topological polar surface area (TPSA) is 64.4 Å². The lowest BCUT2D eigenvalue weighted by atomic mass is 9.97. The highest BCUT2D eigenvalue weighted by Crippen LogP contribution is 2.30. The normalized spacial score (nSPS) is 11.5. The van der Waals surface area contributed by atoms with Gasteiger partial charge in [-0.15, -0.1) is 0 Å². The number of esters is 1. The molecule has 1 aromatic heterocycles. The molecule has 3 aromatic rings. The van der Waals surface area contributed by atoms with E-state index in [1.165, 1.54) is 0 Å². The van der Waals surface area contributed by atoms with Crippen molar-refractivity contribution in [2.45, 2.75) is 27.7 Å². The van der Waals surface area contributed by atoms with Gasteiger partial charge in [-0.2, -0.15) is 0 Å². The highest BCUT2D eigenvalue weighted by Gasteiger charge is 2.15. The molecule has 5 heteroatoms. The fourth-order valence-electron chi connectivity index (χ4n) is 2.63. The minimum atomic E-state index is -0.312. The first kappa shape index (κ1) is 18.0. The summed E-state index contributed by atoms with van der Waals surface area (Å²) in [7, 11) is 0. The van der Waals surface area contributed by atoms with Crippen molar-refractivity contribution in [2.75, 3.05) is 18.5 Å². The van der Waals surface area contributed by atoms with Crippen LogP contribution >= 0.6 is 0 Å². The van der Waals surface area contributed by atoms with E-state index in [0.717, 1.165) is 34.5 Å². The number of fused-ring (bicyclic) bond motifs is 1. The number of hydrogen-bond donors (Lipinski definition) is 1. The van der Waals surface area contributed by atoms with Crippen molar-refractivity contribution in [3.63, 3.8) is 0 Å². The molecule has 26 heavy (non-hydrogen) atoms. The molecule has 0 spiro atoms. The van der Waals surface area contributed by atoms with Crippen molar-refractivity contribution >= 4 is 22.8 Å². The van der Waals surface area contributed by atoms with Crippen LogP contribution in [0.1, 0.15) is 38.1 Å².